The zero-order valence-electron chi connectivity index (χ0n) is 19.0. The summed E-state index contributed by atoms with van der Waals surface area (Å²) in [5.41, 5.74) is 2.17. The molecule has 0 spiro atoms. The summed E-state index contributed by atoms with van der Waals surface area (Å²) >= 11 is 0. The van der Waals surface area contributed by atoms with Crippen LogP contribution < -0.4 is 15.4 Å². The van der Waals surface area contributed by atoms with Crippen molar-refractivity contribution in [3.63, 3.8) is 0 Å². The Balaban J connectivity index is 1.45. The largest absolute Gasteiger partial charge is 0.497 e. The Hall–Kier alpha value is -4.64. The van der Waals surface area contributed by atoms with Crippen molar-refractivity contribution in [2.24, 2.45) is 0 Å². The molecule has 174 valence electrons. The molecular weight excluding hydrogens is 444 g/mol. The number of hydrogen-bond donors (Lipinski definition) is 2. The number of imide groups is 1. The van der Waals surface area contributed by atoms with E-state index in [9.17, 15) is 14.4 Å². The highest BCUT2D eigenvalue weighted by Gasteiger charge is 2.51. The van der Waals surface area contributed by atoms with Crippen LogP contribution in [0.5, 0.6) is 5.75 Å². The number of carbonyl (C=O) groups excluding carboxylic acids is 3. The Kier molecular flexibility index (Phi) is 5.67. The first-order valence-corrected chi connectivity index (χ1v) is 11.1. The highest BCUT2D eigenvalue weighted by Crippen LogP contribution is 2.32. The molecule has 5 rings (SSSR count). The zero-order chi connectivity index (χ0) is 24.4. The van der Waals surface area contributed by atoms with Crippen molar-refractivity contribution in [2.45, 2.75) is 18.5 Å². The van der Waals surface area contributed by atoms with Gasteiger partial charge in [-0.15, -0.1) is 0 Å². The predicted molar refractivity (Wildman–Crippen MR) is 128 cm³/mol. The van der Waals surface area contributed by atoms with Gasteiger partial charge in [-0.3, -0.25) is 19.9 Å². The number of methoxy groups -OCH3 is 1. The smallest absolute Gasteiger partial charge is 0.322 e. The first-order valence-electron chi connectivity index (χ1n) is 11.1. The minimum atomic E-state index is -1.42. The first-order chi connectivity index (χ1) is 17.0. The number of rotatable bonds is 4. The molecule has 2 aliphatic heterocycles. The standard InChI is InChI=1S/C27H22N4O4/c1-35-22-12-10-20-16-31(24(32)23(20)14-22)17-27(25(33)29-26(34)30-27)21-6-2-4-18(9-11-21)7-8-19-5-3-13-28-15-19/h2-3,5-6,9-15H,4,16-17H2,1H3,(H2,29,30,33,34)/t27-/m0/s1. The molecule has 0 bridgehead atoms. The highest BCUT2D eigenvalue weighted by molar-refractivity contribution is 6.10. The zero-order valence-corrected chi connectivity index (χ0v) is 19.0. The van der Waals surface area contributed by atoms with Crippen molar-refractivity contribution in [1.29, 1.82) is 0 Å². The van der Waals surface area contributed by atoms with Crippen LogP contribution in [-0.4, -0.2) is 46.9 Å². The maximum atomic E-state index is 13.2. The van der Waals surface area contributed by atoms with E-state index in [0.29, 0.717) is 29.9 Å². The van der Waals surface area contributed by atoms with Gasteiger partial charge in [-0.25, -0.2) is 4.79 Å². The molecule has 1 atom stereocenters. The summed E-state index contributed by atoms with van der Waals surface area (Å²) in [6.45, 7) is 0.318. The summed E-state index contributed by atoms with van der Waals surface area (Å²) in [4.78, 5) is 44.1. The lowest BCUT2D eigenvalue weighted by molar-refractivity contribution is -0.123. The molecule has 8 heteroatoms. The number of fused-ring (bicyclic) bond motifs is 1. The Morgan fingerprint density at radius 3 is 2.80 bits per heavy atom. The molecule has 4 amide bonds. The van der Waals surface area contributed by atoms with Crippen molar-refractivity contribution >= 4 is 17.8 Å². The van der Waals surface area contributed by atoms with Gasteiger partial charge in [0.25, 0.3) is 11.8 Å². The van der Waals surface area contributed by atoms with Crippen molar-refractivity contribution in [2.75, 3.05) is 13.7 Å². The van der Waals surface area contributed by atoms with Gasteiger partial charge >= 0.3 is 6.03 Å². The molecule has 0 saturated carbocycles. The maximum Gasteiger partial charge on any atom is 0.322 e. The molecule has 1 aromatic carbocycles. The summed E-state index contributed by atoms with van der Waals surface area (Å²) in [5.74, 6) is 6.08. The van der Waals surface area contributed by atoms with Crippen LogP contribution in [0.3, 0.4) is 0 Å². The van der Waals surface area contributed by atoms with Crippen LogP contribution in [0.2, 0.25) is 0 Å². The molecule has 1 fully saturated rings. The van der Waals surface area contributed by atoms with Crippen LogP contribution in [0.4, 0.5) is 4.79 Å². The molecule has 35 heavy (non-hydrogen) atoms. The van der Waals surface area contributed by atoms with E-state index in [4.69, 9.17) is 4.74 Å². The lowest BCUT2D eigenvalue weighted by Crippen LogP contribution is -2.56. The third-order valence-corrected chi connectivity index (χ3v) is 6.19. The molecule has 2 aromatic rings. The normalized spacial score (nSPS) is 20.7. The van der Waals surface area contributed by atoms with Crippen molar-refractivity contribution in [3.05, 3.63) is 94.9 Å². The molecule has 1 aliphatic carbocycles. The van der Waals surface area contributed by atoms with Gasteiger partial charge in [0.1, 0.15) is 5.75 Å². The van der Waals surface area contributed by atoms with E-state index in [2.05, 4.69) is 27.5 Å². The lowest BCUT2D eigenvalue weighted by Gasteiger charge is -2.32. The third-order valence-electron chi connectivity index (χ3n) is 6.19. The second-order valence-corrected chi connectivity index (χ2v) is 8.41. The van der Waals surface area contributed by atoms with E-state index in [1.165, 1.54) is 0 Å². The van der Waals surface area contributed by atoms with E-state index < -0.39 is 17.5 Å². The van der Waals surface area contributed by atoms with Crippen LogP contribution in [0, 0.1) is 11.8 Å². The predicted octanol–water partition coefficient (Wildman–Crippen LogP) is 2.49. The number of pyridine rings is 1. The van der Waals surface area contributed by atoms with E-state index in [1.54, 1.807) is 48.7 Å². The average molecular weight is 466 g/mol. The summed E-state index contributed by atoms with van der Waals surface area (Å²) < 4.78 is 5.24. The Labute approximate surface area is 202 Å². The van der Waals surface area contributed by atoms with Gasteiger partial charge in [0, 0.05) is 35.6 Å². The molecule has 2 N–H and O–H groups in total. The topological polar surface area (TPSA) is 101 Å². The Morgan fingerprint density at radius 1 is 1.17 bits per heavy atom. The monoisotopic (exact) mass is 466 g/mol. The van der Waals surface area contributed by atoms with E-state index >= 15 is 0 Å². The average Bonchev–Trinajstić information content (AvgIpc) is 3.20. The number of benzene rings is 1. The second-order valence-electron chi connectivity index (χ2n) is 8.41. The number of hydrogen-bond acceptors (Lipinski definition) is 5. The number of nitrogens with one attached hydrogen (secondary N) is 2. The summed E-state index contributed by atoms with van der Waals surface area (Å²) in [7, 11) is 1.54. The van der Waals surface area contributed by atoms with Gasteiger partial charge in [0.2, 0.25) is 0 Å². The number of amides is 4. The molecule has 1 aromatic heterocycles. The number of carbonyl (C=O) groups is 3. The Morgan fingerprint density at radius 2 is 2.06 bits per heavy atom. The number of nitrogens with zero attached hydrogens (tertiary/aromatic N) is 2. The highest BCUT2D eigenvalue weighted by atomic mass is 16.5. The van der Waals surface area contributed by atoms with E-state index in [1.807, 2.05) is 30.4 Å². The number of aromatic nitrogens is 1. The van der Waals surface area contributed by atoms with Crippen LogP contribution in [0.15, 0.2) is 78.2 Å². The van der Waals surface area contributed by atoms with Gasteiger partial charge in [-0.1, -0.05) is 36.1 Å². The number of urea groups is 1. The van der Waals surface area contributed by atoms with Crippen molar-refractivity contribution in [1.82, 2.24) is 20.5 Å². The minimum Gasteiger partial charge on any atom is -0.497 e. The van der Waals surface area contributed by atoms with Crippen LogP contribution in [0.1, 0.15) is 27.9 Å². The summed E-state index contributed by atoms with van der Waals surface area (Å²) in [6.07, 6.45) is 11.3. The molecule has 3 heterocycles. The fraction of sp³-hybridized carbons (Fsp3) is 0.185. The molecule has 0 radical (unpaired) electrons. The number of allylic oxidation sites excluding steroid dienone is 4. The van der Waals surface area contributed by atoms with Gasteiger partial charge in [0.15, 0.2) is 5.54 Å². The summed E-state index contributed by atoms with van der Waals surface area (Å²) in [6, 6.07) is 8.43. The minimum absolute atomic E-state index is 0.0128. The van der Waals surface area contributed by atoms with Gasteiger partial charge in [-0.2, -0.15) is 0 Å². The van der Waals surface area contributed by atoms with Crippen molar-refractivity contribution in [3.8, 4) is 17.6 Å². The number of ether oxygens (including phenoxy) is 1. The maximum absolute atomic E-state index is 13.2. The van der Waals surface area contributed by atoms with Gasteiger partial charge in [-0.05, 0) is 47.9 Å². The molecular formula is C27H22N4O4. The van der Waals surface area contributed by atoms with Crippen LogP contribution in [-0.2, 0) is 11.3 Å². The van der Waals surface area contributed by atoms with Crippen molar-refractivity contribution < 1.29 is 19.1 Å². The molecule has 3 aliphatic rings. The fourth-order valence-corrected chi connectivity index (χ4v) is 4.37. The van der Waals surface area contributed by atoms with Crippen LogP contribution >= 0.6 is 0 Å². The summed E-state index contributed by atoms with van der Waals surface area (Å²) in [5, 5.41) is 5.11. The van der Waals surface area contributed by atoms with E-state index in [0.717, 1.165) is 16.7 Å². The molecule has 0 unspecified atom stereocenters. The second kappa shape index (κ2) is 8.95. The first kappa shape index (κ1) is 22.2. The SMILES string of the molecule is COc1ccc2c(c1)C(=O)N(C[C@@]1(C3=CC=C(C#Cc4cccnc4)CC=C3)NC(=O)NC1=O)C2. The fourth-order valence-electron chi connectivity index (χ4n) is 4.37. The quantitative estimate of drug-likeness (QED) is 0.533. The molecule has 8 nitrogen and oxygen atoms in total. The van der Waals surface area contributed by atoms with Gasteiger partial charge in [0.05, 0.1) is 13.7 Å². The van der Waals surface area contributed by atoms with E-state index in [-0.39, 0.29) is 12.5 Å². The Bertz CT molecular complexity index is 1380. The van der Waals surface area contributed by atoms with Gasteiger partial charge < -0.3 is 15.0 Å². The molecule has 1 saturated heterocycles. The third kappa shape index (κ3) is 4.20. The van der Waals surface area contributed by atoms with Crippen LogP contribution in [0.25, 0.3) is 0 Å². The lowest BCUT2D eigenvalue weighted by atomic mass is 9.88.